The van der Waals surface area contributed by atoms with E-state index in [1.165, 1.54) is 24.3 Å². The number of Topliss-reactive ketones (excluding diaryl/α,β-unsaturated/α-hetero) is 2. The second-order valence-electron chi connectivity index (χ2n) is 8.81. The lowest BCUT2D eigenvalue weighted by molar-refractivity contribution is -0.274. The highest BCUT2D eigenvalue weighted by Gasteiger charge is 2.53. The van der Waals surface area contributed by atoms with Gasteiger partial charge < -0.3 is 10.5 Å². The molecular weight excluding hydrogens is 489 g/mol. The lowest BCUT2D eigenvalue weighted by Gasteiger charge is -2.26. The molecule has 3 aromatic rings. The number of nitrogens with two attached hydrogens (primary N) is 1. The fourth-order valence-corrected chi connectivity index (χ4v) is 4.19. The Hall–Kier alpha value is -4.12. The van der Waals surface area contributed by atoms with Crippen molar-refractivity contribution in [2.45, 2.75) is 38.7 Å². The Morgan fingerprint density at radius 1 is 1.00 bits per heavy atom. The van der Waals surface area contributed by atoms with Gasteiger partial charge in [0.2, 0.25) is 5.78 Å². The standard InChI is InChI=1S/C26H23F3N4O4/c1-14(2)15-3-5-17(6-4-15)23(34)21-22(16-7-10-19(11-8-16)37-26(27,28)29)33(25(36)24(21)35)20-12-9-18(13-30)31-32-20/h3-12,14,21-22H,13,30H2,1-2H3. The summed E-state index contributed by atoms with van der Waals surface area (Å²) in [5.41, 5.74) is 7.45. The average molecular weight is 512 g/mol. The summed E-state index contributed by atoms with van der Waals surface area (Å²) in [7, 11) is 0. The van der Waals surface area contributed by atoms with E-state index < -0.39 is 41.5 Å². The highest BCUT2D eigenvalue weighted by Crippen LogP contribution is 2.41. The molecule has 2 N–H and O–H groups in total. The maximum Gasteiger partial charge on any atom is 0.573 e. The molecule has 2 aromatic carbocycles. The van der Waals surface area contributed by atoms with Gasteiger partial charge in [-0.2, -0.15) is 5.10 Å². The number of hydrogen-bond acceptors (Lipinski definition) is 7. The van der Waals surface area contributed by atoms with Gasteiger partial charge in [-0.1, -0.05) is 50.2 Å². The summed E-state index contributed by atoms with van der Waals surface area (Å²) >= 11 is 0. The van der Waals surface area contributed by atoms with Crippen LogP contribution in [0.3, 0.4) is 0 Å². The number of ether oxygens (including phenoxy) is 1. The zero-order valence-electron chi connectivity index (χ0n) is 19.9. The van der Waals surface area contributed by atoms with Crippen LogP contribution in [0.2, 0.25) is 0 Å². The number of aromatic nitrogens is 2. The first-order valence-electron chi connectivity index (χ1n) is 11.4. The van der Waals surface area contributed by atoms with Crippen LogP contribution in [-0.2, 0) is 16.1 Å². The molecule has 8 nitrogen and oxygen atoms in total. The number of rotatable bonds is 7. The van der Waals surface area contributed by atoms with E-state index in [-0.39, 0.29) is 29.4 Å². The Kier molecular flexibility index (Phi) is 7.08. The van der Waals surface area contributed by atoms with Crippen molar-refractivity contribution in [2.24, 2.45) is 11.7 Å². The first kappa shape index (κ1) is 26.0. The number of halogens is 3. The smallest absolute Gasteiger partial charge is 0.406 e. The van der Waals surface area contributed by atoms with Crippen LogP contribution in [0.4, 0.5) is 19.0 Å². The van der Waals surface area contributed by atoms with Gasteiger partial charge >= 0.3 is 6.36 Å². The molecule has 0 aliphatic carbocycles. The van der Waals surface area contributed by atoms with E-state index in [0.29, 0.717) is 5.69 Å². The molecule has 37 heavy (non-hydrogen) atoms. The zero-order chi connectivity index (χ0) is 26.9. The molecular formula is C26H23F3N4O4. The molecule has 4 rings (SSSR count). The predicted octanol–water partition coefficient (Wildman–Crippen LogP) is 4.11. The SMILES string of the molecule is CC(C)c1ccc(C(=O)C2C(=O)C(=O)N(c3ccc(CN)nn3)C2c2ccc(OC(F)(F)F)cc2)cc1. The lowest BCUT2D eigenvalue weighted by atomic mass is 9.86. The van der Waals surface area contributed by atoms with Gasteiger partial charge in [-0.15, -0.1) is 18.3 Å². The average Bonchev–Trinajstić information content (AvgIpc) is 3.13. The first-order valence-corrected chi connectivity index (χ1v) is 11.4. The fraction of sp³-hybridized carbons (Fsp3) is 0.269. The van der Waals surface area contributed by atoms with Crippen molar-refractivity contribution in [2.75, 3.05) is 4.90 Å². The van der Waals surface area contributed by atoms with Crippen LogP contribution in [0.5, 0.6) is 5.75 Å². The highest BCUT2D eigenvalue weighted by molar-refractivity contribution is 6.48. The Bertz CT molecular complexity index is 1310. The number of benzene rings is 2. The van der Waals surface area contributed by atoms with Crippen molar-refractivity contribution < 1.29 is 32.3 Å². The van der Waals surface area contributed by atoms with Gasteiger partial charge in [0.15, 0.2) is 11.6 Å². The van der Waals surface area contributed by atoms with E-state index in [1.807, 2.05) is 13.8 Å². The van der Waals surface area contributed by atoms with E-state index in [4.69, 9.17) is 5.73 Å². The number of alkyl halides is 3. The molecule has 1 aromatic heterocycles. The molecule has 2 heterocycles. The van der Waals surface area contributed by atoms with Crippen LogP contribution in [-0.4, -0.2) is 34.0 Å². The van der Waals surface area contributed by atoms with Crippen molar-refractivity contribution in [3.63, 3.8) is 0 Å². The molecule has 0 bridgehead atoms. The lowest BCUT2D eigenvalue weighted by Crippen LogP contribution is -2.31. The molecule has 11 heteroatoms. The van der Waals surface area contributed by atoms with Gasteiger partial charge in [-0.25, -0.2) is 0 Å². The van der Waals surface area contributed by atoms with Gasteiger partial charge in [0.25, 0.3) is 5.91 Å². The minimum absolute atomic E-state index is 0.00150. The summed E-state index contributed by atoms with van der Waals surface area (Å²) in [5, 5.41) is 7.92. The molecule has 2 unspecified atom stereocenters. The van der Waals surface area contributed by atoms with Crippen molar-refractivity contribution in [3.05, 3.63) is 83.0 Å². The third-order valence-electron chi connectivity index (χ3n) is 6.07. The minimum Gasteiger partial charge on any atom is -0.406 e. The monoisotopic (exact) mass is 512 g/mol. The number of ketones is 2. The topological polar surface area (TPSA) is 115 Å². The van der Waals surface area contributed by atoms with Crippen molar-refractivity contribution in [1.29, 1.82) is 0 Å². The van der Waals surface area contributed by atoms with E-state index in [2.05, 4.69) is 14.9 Å². The van der Waals surface area contributed by atoms with Crippen LogP contribution in [0.25, 0.3) is 0 Å². The van der Waals surface area contributed by atoms with E-state index in [9.17, 15) is 27.6 Å². The minimum atomic E-state index is -4.90. The number of carbonyl (C=O) groups is 3. The van der Waals surface area contributed by atoms with Crippen molar-refractivity contribution in [1.82, 2.24) is 10.2 Å². The maximum atomic E-state index is 13.6. The summed E-state index contributed by atoms with van der Waals surface area (Å²) in [6.45, 7) is 4.08. The van der Waals surface area contributed by atoms with Crippen molar-refractivity contribution in [3.8, 4) is 5.75 Å². The second kappa shape index (κ2) is 10.1. The Morgan fingerprint density at radius 2 is 1.65 bits per heavy atom. The van der Waals surface area contributed by atoms with Crippen LogP contribution in [0, 0.1) is 5.92 Å². The number of anilines is 1. The van der Waals surface area contributed by atoms with Crippen molar-refractivity contribution >= 4 is 23.3 Å². The maximum absolute atomic E-state index is 13.6. The van der Waals surface area contributed by atoms with Gasteiger partial charge in [0.05, 0.1) is 11.7 Å². The molecule has 192 valence electrons. The molecule has 0 radical (unpaired) electrons. The van der Waals surface area contributed by atoms with Crippen LogP contribution < -0.4 is 15.4 Å². The molecule has 1 aliphatic heterocycles. The molecule has 1 aliphatic rings. The number of amides is 1. The van der Waals surface area contributed by atoms with E-state index in [1.54, 1.807) is 24.3 Å². The molecule has 1 amide bonds. The van der Waals surface area contributed by atoms with Gasteiger partial charge in [0, 0.05) is 12.1 Å². The molecule has 1 fully saturated rings. The Balaban J connectivity index is 1.78. The normalized spacial score (nSPS) is 18.0. The molecule has 0 spiro atoms. The molecule has 0 saturated carbocycles. The van der Waals surface area contributed by atoms with Gasteiger partial charge in [-0.3, -0.25) is 19.3 Å². The van der Waals surface area contributed by atoms with Crippen LogP contribution in [0.15, 0.2) is 60.7 Å². The zero-order valence-corrected chi connectivity index (χ0v) is 19.9. The number of nitrogens with zero attached hydrogens (tertiary/aromatic N) is 3. The van der Waals surface area contributed by atoms with E-state index >= 15 is 0 Å². The Labute approximate surface area is 210 Å². The summed E-state index contributed by atoms with van der Waals surface area (Å²) in [6, 6.07) is 13.2. The Morgan fingerprint density at radius 3 is 2.16 bits per heavy atom. The number of hydrogen-bond donors (Lipinski definition) is 1. The third-order valence-corrected chi connectivity index (χ3v) is 6.07. The fourth-order valence-electron chi connectivity index (χ4n) is 4.19. The van der Waals surface area contributed by atoms with Crippen LogP contribution >= 0.6 is 0 Å². The largest absolute Gasteiger partial charge is 0.573 e. The van der Waals surface area contributed by atoms with E-state index in [0.717, 1.165) is 22.6 Å². The summed E-state index contributed by atoms with van der Waals surface area (Å²) in [6.07, 6.45) is -4.90. The van der Waals surface area contributed by atoms with Gasteiger partial charge in [0.1, 0.15) is 11.7 Å². The highest BCUT2D eigenvalue weighted by atomic mass is 19.4. The molecule has 1 saturated heterocycles. The number of carbonyl (C=O) groups excluding carboxylic acids is 3. The first-order chi connectivity index (χ1) is 17.5. The summed E-state index contributed by atoms with van der Waals surface area (Å²) < 4.78 is 41.8. The second-order valence-corrected chi connectivity index (χ2v) is 8.81. The van der Waals surface area contributed by atoms with Crippen LogP contribution in [0.1, 0.15) is 53.0 Å². The summed E-state index contributed by atoms with van der Waals surface area (Å²) in [5.74, 6) is -4.25. The summed E-state index contributed by atoms with van der Waals surface area (Å²) in [4.78, 5) is 40.9. The molecule has 2 atom stereocenters. The third kappa shape index (κ3) is 5.36. The van der Waals surface area contributed by atoms with Gasteiger partial charge in [-0.05, 0) is 41.3 Å². The quantitative estimate of drug-likeness (QED) is 0.288. The predicted molar refractivity (Wildman–Crippen MR) is 127 cm³/mol.